The van der Waals surface area contributed by atoms with Gasteiger partial charge in [0.2, 0.25) is 15.9 Å². The second kappa shape index (κ2) is 8.07. The quantitative estimate of drug-likeness (QED) is 0.610. The topological polar surface area (TPSA) is 110 Å². The molecule has 2 aromatic rings. The summed E-state index contributed by atoms with van der Waals surface area (Å²) in [5.74, 6) is -0.859. The van der Waals surface area contributed by atoms with E-state index < -0.39 is 20.9 Å². The summed E-state index contributed by atoms with van der Waals surface area (Å²) in [4.78, 5) is 23.5. The van der Waals surface area contributed by atoms with Gasteiger partial charge in [-0.15, -0.1) is 0 Å². The number of nitrogens with zero attached hydrogens (tertiary/aromatic N) is 2. The zero-order valence-corrected chi connectivity index (χ0v) is 16.2. The lowest BCUT2D eigenvalue weighted by molar-refractivity contribution is -0.385. The largest absolute Gasteiger partial charge is 0.325 e. The van der Waals surface area contributed by atoms with Crippen LogP contribution in [0.4, 0.5) is 11.4 Å². The lowest BCUT2D eigenvalue weighted by atomic mass is 9.98. The predicted octanol–water partition coefficient (Wildman–Crippen LogP) is 2.94. The Balaban J connectivity index is 1.75. The zero-order valence-electron chi connectivity index (χ0n) is 15.4. The third-order valence-corrected chi connectivity index (χ3v) is 6.78. The number of nitro benzene ring substituents is 1. The summed E-state index contributed by atoms with van der Waals surface area (Å²) in [5.41, 5.74) is 0.655. The minimum atomic E-state index is -3.66. The number of nitrogens with one attached hydrogen (secondary N) is 1. The number of benzene rings is 2. The van der Waals surface area contributed by atoms with Crippen LogP contribution in [-0.4, -0.2) is 36.6 Å². The summed E-state index contributed by atoms with van der Waals surface area (Å²) in [6, 6.07) is 12.6. The molecule has 28 heavy (non-hydrogen) atoms. The van der Waals surface area contributed by atoms with E-state index in [0.717, 1.165) is 0 Å². The molecule has 1 aliphatic rings. The Kier molecular flexibility index (Phi) is 5.76. The minimum Gasteiger partial charge on any atom is -0.325 e. The van der Waals surface area contributed by atoms with Crippen LogP contribution in [0.1, 0.15) is 18.4 Å². The lowest BCUT2D eigenvalue weighted by Crippen LogP contribution is -2.43. The molecule has 1 saturated heterocycles. The number of hydrogen-bond donors (Lipinski definition) is 1. The van der Waals surface area contributed by atoms with Crippen molar-refractivity contribution in [1.29, 1.82) is 0 Å². The standard InChI is InChI=1S/C19H21N3O5S/c1-14-17(10-5-11-18(14)22(24)25)20-19(23)15-7-6-12-21(13-15)28(26,27)16-8-3-2-4-9-16/h2-5,8-11,15H,6-7,12-13H2,1H3,(H,20,23)/t15-/m1/s1. The van der Waals surface area contributed by atoms with Crippen LogP contribution < -0.4 is 5.32 Å². The summed E-state index contributed by atoms with van der Waals surface area (Å²) in [6.45, 7) is 2.01. The third kappa shape index (κ3) is 4.05. The molecule has 0 aliphatic carbocycles. The van der Waals surface area contributed by atoms with Crippen LogP contribution in [-0.2, 0) is 14.8 Å². The molecular formula is C19H21N3O5S. The molecule has 1 atom stereocenters. The first-order valence-corrected chi connectivity index (χ1v) is 10.3. The second-order valence-corrected chi connectivity index (χ2v) is 8.65. The first-order valence-electron chi connectivity index (χ1n) is 8.91. The van der Waals surface area contributed by atoms with E-state index in [1.54, 1.807) is 31.2 Å². The summed E-state index contributed by atoms with van der Waals surface area (Å²) >= 11 is 0. The molecule has 1 aliphatic heterocycles. The summed E-state index contributed by atoms with van der Waals surface area (Å²) in [7, 11) is -3.66. The molecule has 2 aromatic carbocycles. The van der Waals surface area contributed by atoms with Crippen molar-refractivity contribution < 1.29 is 18.1 Å². The lowest BCUT2D eigenvalue weighted by Gasteiger charge is -2.31. The van der Waals surface area contributed by atoms with E-state index in [1.165, 1.54) is 28.6 Å². The van der Waals surface area contributed by atoms with Gasteiger partial charge in [0.1, 0.15) is 0 Å². The van der Waals surface area contributed by atoms with Crippen molar-refractivity contribution in [2.24, 2.45) is 5.92 Å². The first kappa shape index (κ1) is 20.0. The van der Waals surface area contributed by atoms with Gasteiger partial charge in [0, 0.05) is 19.2 Å². The van der Waals surface area contributed by atoms with Gasteiger partial charge in [-0.05, 0) is 38.0 Å². The highest BCUT2D eigenvalue weighted by Crippen LogP contribution is 2.28. The van der Waals surface area contributed by atoms with Crippen molar-refractivity contribution in [3.63, 3.8) is 0 Å². The minimum absolute atomic E-state index is 0.0743. The average molecular weight is 403 g/mol. The Morgan fingerprint density at radius 1 is 1.18 bits per heavy atom. The molecule has 1 heterocycles. The molecule has 0 bridgehead atoms. The van der Waals surface area contributed by atoms with Crippen LogP contribution in [0, 0.1) is 23.0 Å². The van der Waals surface area contributed by atoms with Gasteiger partial charge < -0.3 is 5.32 Å². The molecule has 1 fully saturated rings. The predicted molar refractivity (Wildman–Crippen MR) is 104 cm³/mol. The number of sulfonamides is 1. The van der Waals surface area contributed by atoms with Crippen LogP contribution in [0.5, 0.6) is 0 Å². The molecule has 1 amide bonds. The van der Waals surface area contributed by atoms with Gasteiger partial charge >= 0.3 is 0 Å². The fourth-order valence-electron chi connectivity index (χ4n) is 3.31. The first-order chi connectivity index (χ1) is 13.3. The van der Waals surface area contributed by atoms with Crippen molar-refractivity contribution in [2.45, 2.75) is 24.7 Å². The molecule has 148 valence electrons. The van der Waals surface area contributed by atoms with Crippen LogP contribution in [0.15, 0.2) is 53.4 Å². The molecule has 9 heteroatoms. The van der Waals surface area contributed by atoms with E-state index in [0.29, 0.717) is 30.6 Å². The van der Waals surface area contributed by atoms with Crippen LogP contribution in [0.25, 0.3) is 0 Å². The molecule has 0 saturated carbocycles. The second-order valence-electron chi connectivity index (χ2n) is 6.71. The van der Waals surface area contributed by atoms with E-state index in [-0.39, 0.29) is 23.0 Å². The van der Waals surface area contributed by atoms with Crippen molar-refractivity contribution in [1.82, 2.24) is 4.31 Å². The molecule has 3 rings (SSSR count). The molecule has 0 spiro atoms. The number of amides is 1. The summed E-state index contributed by atoms with van der Waals surface area (Å²) < 4.78 is 26.9. The maximum atomic E-state index is 12.8. The van der Waals surface area contributed by atoms with E-state index in [9.17, 15) is 23.3 Å². The van der Waals surface area contributed by atoms with Gasteiger partial charge in [-0.2, -0.15) is 4.31 Å². The number of nitro groups is 1. The molecule has 1 N–H and O–H groups in total. The molecule has 8 nitrogen and oxygen atoms in total. The summed E-state index contributed by atoms with van der Waals surface area (Å²) in [5, 5.41) is 13.8. The maximum Gasteiger partial charge on any atom is 0.274 e. The van der Waals surface area contributed by atoms with Gasteiger partial charge in [-0.1, -0.05) is 24.3 Å². The molecule has 0 aromatic heterocycles. The molecular weight excluding hydrogens is 382 g/mol. The Labute approximate surface area is 163 Å². The van der Waals surface area contributed by atoms with Gasteiger partial charge in [-0.25, -0.2) is 8.42 Å². The monoisotopic (exact) mass is 403 g/mol. The third-order valence-electron chi connectivity index (χ3n) is 4.90. The van der Waals surface area contributed by atoms with Crippen LogP contribution in [0.2, 0.25) is 0 Å². The molecule has 0 unspecified atom stereocenters. The van der Waals surface area contributed by atoms with Gasteiger partial charge in [0.05, 0.1) is 27.0 Å². The van der Waals surface area contributed by atoms with E-state index in [1.807, 2.05) is 0 Å². The number of carbonyl (C=O) groups excluding carboxylic acids is 1. The number of rotatable bonds is 5. The Hall–Kier alpha value is -2.78. The SMILES string of the molecule is Cc1c(NC(=O)[C@@H]2CCCN(S(=O)(=O)c3ccccc3)C2)cccc1[N+](=O)[O-]. The van der Waals surface area contributed by atoms with E-state index >= 15 is 0 Å². The Morgan fingerprint density at radius 2 is 1.89 bits per heavy atom. The highest BCUT2D eigenvalue weighted by Gasteiger charge is 2.33. The van der Waals surface area contributed by atoms with Gasteiger partial charge in [0.15, 0.2) is 0 Å². The Morgan fingerprint density at radius 3 is 2.57 bits per heavy atom. The van der Waals surface area contributed by atoms with Crippen molar-refractivity contribution >= 4 is 27.3 Å². The Bertz CT molecular complexity index is 992. The van der Waals surface area contributed by atoms with Crippen molar-refractivity contribution in [3.8, 4) is 0 Å². The fourth-order valence-corrected chi connectivity index (χ4v) is 4.85. The van der Waals surface area contributed by atoms with Crippen LogP contribution >= 0.6 is 0 Å². The maximum absolute atomic E-state index is 12.8. The molecule has 0 radical (unpaired) electrons. The average Bonchev–Trinajstić information content (AvgIpc) is 2.70. The summed E-state index contributed by atoms with van der Waals surface area (Å²) in [6.07, 6.45) is 1.12. The highest BCUT2D eigenvalue weighted by molar-refractivity contribution is 7.89. The normalized spacial score (nSPS) is 17.8. The smallest absolute Gasteiger partial charge is 0.274 e. The van der Waals surface area contributed by atoms with E-state index in [4.69, 9.17) is 0 Å². The fraction of sp³-hybridized carbons (Fsp3) is 0.316. The van der Waals surface area contributed by atoms with Gasteiger partial charge in [-0.3, -0.25) is 14.9 Å². The van der Waals surface area contributed by atoms with Gasteiger partial charge in [0.25, 0.3) is 5.69 Å². The number of hydrogen-bond acceptors (Lipinski definition) is 5. The zero-order chi connectivity index (χ0) is 20.3. The van der Waals surface area contributed by atoms with Crippen molar-refractivity contribution in [2.75, 3.05) is 18.4 Å². The van der Waals surface area contributed by atoms with Crippen LogP contribution in [0.3, 0.4) is 0 Å². The number of piperidine rings is 1. The van der Waals surface area contributed by atoms with E-state index in [2.05, 4.69) is 5.32 Å². The number of carbonyl (C=O) groups is 1. The highest BCUT2D eigenvalue weighted by atomic mass is 32.2. The van der Waals surface area contributed by atoms with Crippen molar-refractivity contribution in [3.05, 3.63) is 64.2 Å². The number of anilines is 1.